The highest BCUT2D eigenvalue weighted by molar-refractivity contribution is 6.00. The summed E-state index contributed by atoms with van der Waals surface area (Å²) in [5.74, 6) is -5.13. The zero-order chi connectivity index (χ0) is 45.1. The largest absolute Gasteiger partial charge is 0.461 e. The standard InChI is InChI=1S/C48H55N7O8/c1-3-4-24-41(47(61)54-39(27-44(58)63-31-34-20-12-7-13-21-34)46(60)53-38(45(49)59)25-32-16-8-5-9-17-32)55(2)48(62)40(26-35-30-50-37-23-15-14-22-36(35)37)52-43(57)28-42(56)51-29-33-18-10-6-11-19-33/h5-23,30,38-41,50H,3-4,24-29,31H2,1-2H3,(H2,49,59)(H,51,56)(H,52,57)(H,53,60)(H,54,61)/t38-,39-,40-,41-/m0/s1. The number of H-pyrrole nitrogens is 1. The molecule has 15 heteroatoms. The van der Waals surface area contributed by atoms with Crippen molar-refractivity contribution in [3.8, 4) is 0 Å². The average Bonchev–Trinajstić information content (AvgIpc) is 3.70. The second kappa shape index (κ2) is 23.6. The molecular formula is C48H55N7O8. The second-order valence-electron chi connectivity index (χ2n) is 15.3. The van der Waals surface area contributed by atoms with Gasteiger partial charge in [0.2, 0.25) is 35.4 Å². The number of aromatic amines is 1. The van der Waals surface area contributed by atoms with Gasteiger partial charge in [-0.2, -0.15) is 0 Å². The van der Waals surface area contributed by atoms with E-state index in [1.165, 1.54) is 11.9 Å². The maximum atomic E-state index is 14.6. The molecule has 1 aromatic heterocycles. The van der Waals surface area contributed by atoms with Gasteiger partial charge in [0, 0.05) is 43.5 Å². The van der Waals surface area contributed by atoms with Crippen molar-refractivity contribution in [1.82, 2.24) is 31.2 Å². The van der Waals surface area contributed by atoms with E-state index in [1.54, 1.807) is 60.8 Å². The van der Waals surface area contributed by atoms with Crippen LogP contribution in [-0.4, -0.2) is 82.5 Å². The maximum Gasteiger partial charge on any atom is 0.308 e. The zero-order valence-electron chi connectivity index (χ0n) is 35.5. The van der Waals surface area contributed by atoms with Crippen molar-refractivity contribution in [2.45, 2.75) is 89.2 Å². The van der Waals surface area contributed by atoms with Crippen molar-refractivity contribution in [2.24, 2.45) is 5.73 Å². The molecule has 0 saturated heterocycles. The molecule has 0 spiro atoms. The van der Waals surface area contributed by atoms with E-state index in [0.29, 0.717) is 29.5 Å². The predicted octanol–water partition coefficient (Wildman–Crippen LogP) is 3.75. The number of para-hydroxylation sites is 1. The van der Waals surface area contributed by atoms with Gasteiger partial charge in [-0.1, -0.05) is 129 Å². The van der Waals surface area contributed by atoms with Crippen LogP contribution in [0, 0.1) is 0 Å². The van der Waals surface area contributed by atoms with Crippen molar-refractivity contribution >= 4 is 52.3 Å². The van der Waals surface area contributed by atoms with Gasteiger partial charge in [-0.3, -0.25) is 33.6 Å². The topological polar surface area (TPSA) is 222 Å². The van der Waals surface area contributed by atoms with E-state index < -0.39 is 78.4 Å². The highest BCUT2D eigenvalue weighted by Crippen LogP contribution is 2.21. The van der Waals surface area contributed by atoms with Gasteiger partial charge in [0.15, 0.2) is 0 Å². The highest BCUT2D eigenvalue weighted by Gasteiger charge is 2.36. The monoisotopic (exact) mass is 857 g/mol. The van der Waals surface area contributed by atoms with Gasteiger partial charge in [0.05, 0.1) is 6.42 Å². The summed E-state index contributed by atoms with van der Waals surface area (Å²) in [5.41, 5.74) is 9.49. The summed E-state index contributed by atoms with van der Waals surface area (Å²) in [4.78, 5) is 99.4. The first-order valence-corrected chi connectivity index (χ1v) is 21.0. The van der Waals surface area contributed by atoms with Crippen LogP contribution in [0.25, 0.3) is 10.9 Å². The third-order valence-corrected chi connectivity index (χ3v) is 10.5. The predicted molar refractivity (Wildman–Crippen MR) is 237 cm³/mol. The van der Waals surface area contributed by atoms with Crippen molar-refractivity contribution in [3.63, 3.8) is 0 Å². The smallest absolute Gasteiger partial charge is 0.308 e. The summed E-state index contributed by atoms with van der Waals surface area (Å²) >= 11 is 0. The molecule has 0 aliphatic rings. The lowest BCUT2D eigenvalue weighted by Crippen LogP contribution is -2.59. The number of nitrogens with one attached hydrogen (secondary N) is 5. The molecule has 0 fully saturated rings. The van der Waals surface area contributed by atoms with E-state index in [9.17, 15) is 33.6 Å². The van der Waals surface area contributed by atoms with E-state index in [4.69, 9.17) is 10.5 Å². The van der Waals surface area contributed by atoms with Crippen LogP contribution >= 0.6 is 0 Å². The number of fused-ring (bicyclic) bond motifs is 1. The zero-order valence-corrected chi connectivity index (χ0v) is 35.5. The highest BCUT2D eigenvalue weighted by atomic mass is 16.5. The number of ether oxygens (including phenoxy) is 1. The number of primary amides is 1. The molecule has 0 aliphatic heterocycles. The number of nitrogens with zero attached hydrogens (tertiary/aromatic N) is 1. The Morgan fingerprint density at radius 1 is 0.683 bits per heavy atom. The fraction of sp³-hybridized carbons (Fsp3) is 0.312. The molecule has 0 aliphatic carbocycles. The Kier molecular flexibility index (Phi) is 17.5. The number of carbonyl (C=O) groups excluding carboxylic acids is 7. The lowest BCUT2D eigenvalue weighted by Gasteiger charge is -2.32. The van der Waals surface area contributed by atoms with Crippen LogP contribution in [0.5, 0.6) is 0 Å². The quantitative estimate of drug-likeness (QED) is 0.0419. The van der Waals surface area contributed by atoms with Gasteiger partial charge in [-0.25, -0.2) is 0 Å². The molecule has 5 rings (SSSR count). The molecule has 15 nitrogen and oxygen atoms in total. The van der Waals surface area contributed by atoms with Crippen molar-refractivity contribution in [1.29, 1.82) is 0 Å². The number of nitrogens with two attached hydrogens (primary N) is 1. The van der Waals surface area contributed by atoms with Crippen LogP contribution < -0.4 is 27.0 Å². The molecule has 6 amide bonds. The molecule has 0 unspecified atom stereocenters. The van der Waals surface area contributed by atoms with Gasteiger partial charge in [-0.05, 0) is 34.7 Å². The Morgan fingerprint density at radius 2 is 1.29 bits per heavy atom. The van der Waals surface area contributed by atoms with E-state index in [-0.39, 0.29) is 32.4 Å². The minimum Gasteiger partial charge on any atom is -0.461 e. The first-order valence-electron chi connectivity index (χ1n) is 21.0. The third-order valence-electron chi connectivity index (χ3n) is 10.5. The number of amides is 6. The number of unbranched alkanes of at least 4 members (excludes halogenated alkanes) is 1. The van der Waals surface area contributed by atoms with E-state index >= 15 is 0 Å². The number of benzene rings is 4. The minimum atomic E-state index is -1.54. The molecule has 330 valence electrons. The SMILES string of the molecule is CCCC[C@@H](C(=O)N[C@@H](CC(=O)OCc1ccccc1)C(=O)N[C@@H](Cc1ccccc1)C(N)=O)N(C)C(=O)[C@H](Cc1c[nH]c2ccccc12)NC(=O)CC(=O)NCc1ccccc1. The van der Waals surface area contributed by atoms with Gasteiger partial charge in [-0.15, -0.1) is 0 Å². The van der Waals surface area contributed by atoms with Crippen LogP contribution in [0.1, 0.15) is 61.3 Å². The van der Waals surface area contributed by atoms with Crippen molar-refractivity contribution in [2.75, 3.05) is 7.05 Å². The molecule has 1 heterocycles. The lowest BCUT2D eigenvalue weighted by molar-refractivity contribution is -0.148. The summed E-state index contributed by atoms with van der Waals surface area (Å²) in [6.45, 7) is 2.03. The molecule has 0 bridgehead atoms. The Hall–Kier alpha value is -7.29. The first-order chi connectivity index (χ1) is 30.4. The minimum absolute atomic E-state index is 0.0148. The number of hydrogen-bond donors (Lipinski definition) is 6. The Morgan fingerprint density at radius 3 is 1.94 bits per heavy atom. The van der Waals surface area contributed by atoms with E-state index in [2.05, 4.69) is 26.3 Å². The molecule has 0 radical (unpaired) electrons. The summed E-state index contributed by atoms with van der Waals surface area (Å²) < 4.78 is 5.47. The summed E-state index contributed by atoms with van der Waals surface area (Å²) in [6.07, 6.45) is 1.94. The summed E-state index contributed by atoms with van der Waals surface area (Å²) in [5, 5.41) is 11.5. The third kappa shape index (κ3) is 14.4. The molecule has 5 aromatic rings. The Balaban J connectivity index is 1.36. The van der Waals surface area contributed by atoms with Crippen LogP contribution in [0.4, 0.5) is 0 Å². The number of rotatable bonds is 23. The number of esters is 1. The van der Waals surface area contributed by atoms with Gasteiger partial charge >= 0.3 is 5.97 Å². The molecule has 4 aromatic carbocycles. The van der Waals surface area contributed by atoms with Crippen LogP contribution in [0.3, 0.4) is 0 Å². The van der Waals surface area contributed by atoms with Crippen molar-refractivity contribution < 1.29 is 38.3 Å². The second-order valence-corrected chi connectivity index (χ2v) is 15.3. The number of likely N-dealkylation sites (N-methyl/N-ethyl adjacent to an activating group) is 1. The molecule has 4 atom stereocenters. The average molecular weight is 858 g/mol. The maximum absolute atomic E-state index is 14.6. The molecule has 7 N–H and O–H groups in total. The van der Waals surface area contributed by atoms with E-state index in [0.717, 1.165) is 16.5 Å². The lowest BCUT2D eigenvalue weighted by atomic mass is 10.0. The number of carbonyl (C=O) groups is 7. The molecular weight excluding hydrogens is 803 g/mol. The summed E-state index contributed by atoms with van der Waals surface area (Å²) in [6, 6.07) is 29.3. The molecule has 0 saturated carbocycles. The van der Waals surface area contributed by atoms with Gasteiger partial charge in [0.1, 0.15) is 37.2 Å². The van der Waals surface area contributed by atoms with Crippen LogP contribution in [0.15, 0.2) is 121 Å². The fourth-order valence-electron chi connectivity index (χ4n) is 7.05. The Labute approximate surface area is 366 Å². The summed E-state index contributed by atoms with van der Waals surface area (Å²) in [7, 11) is 1.43. The first kappa shape index (κ1) is 46.8. The fourth-order valence-corrected chi connectivity index (χ4v) is 7.05. The Bertz CT molecular complexity index is 2320. The van der Waals surface area contributed by atoms with Crippen molar-refractivity contribution in [3.05, 3.63) is 144 Å². The van der Waals surface area contributed by atoms with E-state index in [1.807, 2.05) is 67.6 Å². The van der Waals surface area contributed by atoms with Gasteiger partial charge in [0.25, 0.3) is 0 Å². The van der Waals surface area contributed by atoms with Gasteiger partial charge < -0.3 is 41.6 Å². The van der Waals surface area contributed by atoms with Crippen LogP contribution in [0.2, 0.25) is 0 Å². The normalized spacial score (nSPS) is 12.8. The molecule has 63 heavy (non-hydrogen) atoms. The van der Waals surface area contributed by atoms with Crippen LogP contribution in [-0.2, 0) is 64.3 Å². The number of aromatic nitrogens is 1. The number of hydrogen-bond acceptors (Lipinski definition) is 8.